The molecule has 9 heteroatoms. The highest BCUT2D eigenvalue weighted by atomic mass is 32.2. The number of amides is 1. The lowest BCUT2D eigenvalue weighted by Crippen LogP contribution is -2.41. The van der Waals surface area contributed by atoms with E-state index in [1.54, 1.807) is 6.07 Å². The van der Waals surface area contributed by atoms with E-state index in [9.17, 15) is 22.0 Å². The number of halogens is 2. The van der Waals surface area contributed by atoms with Gasteiger partial charge < -0.3 is 10.1 Å². The van der Waals surface area contributed by atoms with Gasteiger partial charge in [-0.2, -0.15) is 4.31 Å². The molecule has 0 spiro atoms. The van der Waals surface area contributed by atoms with Crippen molar-refractivity contribution in [2.75, 3.05) is 18.4 Å². The molecule has 32 heavy (non-hydrogen) atoms. The van der Waals surface area contributed by atoms with Crippen molar-refractivity contribution in [3.63, 3.8) is 0 Å². The van der Waals surface area contributed by atoms with E-state index < -0.39 is 32.5 Å². The molecule has 0 atom stereocenters. The summed E-state index contributed by atoms with van der Waals surface area (Å²) in [6.07, 6.45) is 5.01. The van der Waals surface area contributed by atoms with E-state index in [4.69, 9.17) is 4.74 Å². The summed E-state index contributed by atoms with van der Waals surface area (Å²) in [5.74, 6) is -1.78. The number of carbonyl (C=O) groups excluding carboxylic acids is 1. The van der Waals surface area contributed by atoms with Gasteiger partial charge in [0.2, 0.25) is 15.9 Å². The summed E-state index contributed by atoms with van der Waals surface area (Å²) in [5.41, 5.74) is 0.598. The summed E-state index contributed by atoms with van der Waals surface area (Å²) in [6.45, 7) is 0.104. The number of nitrogens with zero attached hydrogens (tertiary/aromatic N) is 1. The molecule has 1 heterocycles. The number of anilines is 1. The standard InChI is InChI=1S/C23H26F2N2O4S/c24-17-9-10-19(25)22(15-17)32(29,30)27-13-11-16(12-14-27)23(28)26-20-7-3-4-8-21(20)31-18-5-1-2-6-18/h3-4,7-10,15-16,18H,1-2,5-6,11-14H2,(H,26,28). The maximum atomic E-state index is 14.0. The predicted molar refractivity (Wildman–Crippen MR) is 116 cm³/mol. The van der Waals surface area contributed by atoms with Gasteiger partial charge in [-0.3, -0.25) is 4.79 Å². The SMILES string of the molecule is O=C(Nc1ccccc1OC1CCCC1)C1CCN(S(=O)(=O)c2cc(F)ccc2F)CC1. The van der Waals surface area contributed by atoms with Gasteiger partial charge in [-0.25, -0.2) is 17.2 Å². The zero-order valence-corrected chi connectivity index (χ0v) is 18.4. The van der Waals surface area contributed by atoms with Crippen LogP contribution in [0.5, 0.6) is 5.75 Å². The molecule has 6 nitrogen and oxygen atoms in total. The molecule has 1 aliphatic heterocycles. The number of sulfonamides is 1. The van der Waals surface area contributed by atoms with Gasteiger partial charge in [-0.1, -0.05) is 12.1 Å². The molecule has 2 aromatic carbocycles. The largest absolute Gasteiger partial charge is 0.488 e. The lowest BCUT2D eigenvalue weighted by atomic mass is 9.97. The normalized spacial score (nSPS) is 18.6. The average Bonchev–Trinajstić information content (AvgIpc) is 3.30. The van der Waals surface area contributed by atoms with Gasteiger partial charge in [-0.15, -0.1) is 0 Å². The fourth-order valence-corrected chi connectivity index (χ4v) is 5.81. The first-order valence-electron chi connectivity index (χ1n) is 10.9. The molecule has 0 unspecified atom stereocenters. The Kier molecular flexibility index (Phi) is 6.76. The number of hydrogen-bond acceptors (Lipinski definition) is 4. The van der Waals surface area contributed by atoms with Crippen molar-refractivity contribution in [1.29, 1.82) is 0 Å². The molecular weight excluding hydrogens is 438 g/mol. The number of benzene rings is 2. The molecule has 172 valence electrons. The van der Waals surface area contributed by atoms with Crippen LogP contribution in [0.3, 0.4) is 0 Å². The van der Waals surface area contributed by atoms with Crippen LogP contribution >= 0.6 is 0 Å². The second-order valence-electron chi connectivity index (χ2n) is 8.26. The van der Waals surface area contributed by atoms with Crippen LogP contribution < -0.4 is 10.1 Å². The Morgan fingerprint density at radius 1 is 1.00 bits per heavy atom. The third-order valence-corrected chi connectivity index (χ3v) is 7.99. The van der Waals surface area contributed by atoms with Gasteiger partial charge in [0.15, 0.2) is 0 Å². The first kappa shape index (κ1) is 22.7. The van der Waals surface area contributed by atoms with E-state index in [0.717, 1.165) is 42.1 Å². The van der Waals surface area contributed by atoms with Crippen molar-refractivity contribution >= 4 is 21.6 Å². The Morgan fingerprint density at radius 3 is 2.41 bits per heavy atom. The van der Waals surface area contributed by atoms with E-state index in [0.29, 0.717) is 17.5 Å². The Bertz CT molecular complexity index is 1080. The molecule has 1 saturated heterocycles. The highest BCUT2D eigenvalue weighted by Gasteiger charge is 2.34. The van der Waals surface area contributed by atoms with Crippen LogP contribution in [-0.4, -0.2) is 37.8 Å². The molecule has 1 saturated carbocycles. The second kappa shape index (κ2) is 9.54. The number of piperidine rings is 1. The zero-order chi connectivity index (χ0) is 22.7. The van der Waals surface area contributed by atoms with Crippen LogP contribution in [0.15, 0.2) is 47.4 Å². The zero-order valence-electron chi connectivity index (χ0n) is 17.6. The Hall–Kier alpha value is -2.52. The monoisotopic (exact) mass is 464 g/mol. The second-order valence-corrected chi connectivity index (χ2v) is 10.2. The molecule has 0 bridgehead atoms. The molecule has 0 radical (unpaired) electrons. The minimum Gasteiger partial charge on any atom is -0.488 e. The molecule has 2 fully saturated rings. The molecular formula is C23H26F2N2O4S. The number of hydrogen-bond donors (Lipinski definition) is 1. The van der Waals surface area contributed by atoms with Crippen molar-refractivity contribution in [3.8, 4) is 5.75 Å². The van der Waals surface area contributed by atoms with E-state index in [-0.39, 0.29) is 37.9 Å². The van der Waals surface area contributed by atoms with Gasteiger partial charge in [-0.05, 0) is 68.9 Å². The summed E-state index contributed by atoms with van der Waals surface area (Å²) < 4.78 is 60.1. The molecule has 1 amide bonds. The van der Waals surface area contributed by atoms with E-state index in [1.807, 2.05) is 18.2 Å². The number of para-hydroxylation sites is 2. The highest BCUT2D eigenvalue weighted by molar-refractivity contribution is 7.89. The number of ether oxygens (including phenoxy) is 1. The molecule has 2 aliphatic rings. The average molecular weight is 465 g/mol. The summed E-state index contributed by atoms with van der Waals surface area (Å²) in [5, 5.41) is 2.91. The third kappa shape index (κ3) is 4.94. The first-order chi connectivity index (χ1) is 15.3. The topological polar surface area (TPSA) is 75.7 Å². The van der Waals surface area contributed by atoms with E-state index in [1.165, 1.54) is 0 Å². The smallest absolute Gasteiger partial charge is 0.246 e. The van der Waals surface area contributed by atoms with Gasteiger partial charge in [0.05, 0.1) is 11.8 Å². The lowest BCUT2D eigenvalue weighted by Gasteiger charge is -2.30. The van der Waals surface area contributed by atoms with Crippen molar-refractivity contribution in [1.82, 2.24) is 4.31 Å². The summed E-state index contributed by atoms with van der Waals surface area (Å²) >= 11 is 0. The maximum Gasteiger partial charge on any atom is 0.246 e. The third-order valence-electron chi connectivity index (χ3n) is 6.08. The fraction of sp³-hybridized carbons (Fsp3) is 0.435. The van der Waals surface area contributed by atoms with Crippen molar-refractivity contribution in [3.05, 3.63) is 54.1 Å². The van der Waals surface area contributed by atoms with Gasteiger partial charge in [0.25, 0.3) is 0 Å². The molecule has 0 aromatic heterocycles. The highest BCUT2D eigenvalue weighted by Crippen LogP contribution is 2.31. The van der Waals surface area contributed by atoms with Crippen LogP contribution in [0.25, 0.3) is 0 Å². The van der Waals surface area contributed by atoms with Gasteiger partial charge >= 0.3 is 0 Å². The van der Waals surface area contributed by atoms with Crippen molar-refractivity contribution < 1.29 is 26.7 Å². The Morgan fingerprint density at radius 2 is 1.69 bits per heavy atom. The Balaban J connectivity index is 1.38. The predicted octanol–water partition coefficient (Wildman–Crippen LogP) is 4.33. The number of carbonyl (C=O) groups is 1. The van der Waals surface area contributed by atoms with Crippen molar-refractivity contribution in [2.24, 2.45) is 5.92 Å². The number of nitrogens with one attached hydrogen (secondary N) is 1. The van der Waals surface area contributed by atoms with Gasteiger partial charge in [0.1, 0.15) is 22.3 Å². The molecule has 4 rings (SSSR count). The summed E-state index contributed by atoms with van der Waals surface area (Å²) in [6, 6.07) is 9.65. The minimum atomic E-state index is -4.18. The Labute approximate surface area is 186 Å². The lowest BCUT2D eigenvalue weighted by molar-refractivity contribution is -0.120. The van der Waals surface area contributed by atoms with Crippen LogP contribution in [-0.2, 0) is 14.8 Å². The van der Waals surface area contributed by atoms with Crippen LogP contribution in [0.4, 0.5) is 14.5 Å². The fourth-order valence-electron chi connectivity index (χ4n) is 4.27. The van der Waals surface area contributed by atoms with Crippen LogP contribution in [0.2, 0.25) is 0 Å². The molecule has 2 aromatic rings. The molecule has 1 N–H and O–H groups in total. The number of rotatable bonds is 6. The van der Waals surface area contributed by atoms with Crippen LogP contribution in [0, 0.1) is 17.6 Å². The quantitative estimate of drug-likeness (QED) is 0.691. The van der Waals surface area contributed by atoms with Crippen LogP contribution in [0.1, 0.15) is 38.5 Å². The summed E-state index contributed by atoms with van der Waals surface area (Å²) in [4.78, 5) is 12.2. The van der Waals surface area contributed by atoms with Gasteiger partial charge in [0, 0.05) is 19.0 Å². The minimum absolute atomic E-state index is 0.0522. The molecule has 1 aliphatic carbocycles. The summed E-state index contributed by atoms with van der Waals surface area (Å²) in [7, 11) is -4.18. The maximum absolute atomic E-state index is 14.0. The van der Waals surface area contributed by atoms with E-state index >= 15 is 0 Å². The van der Waals surface area contributed by atoms with E-state index in [2.05, 4.69) is 5.32 Å². The van der Waals surface area contributed by atoms with Crippen molar-refractivity contribution in [2.45, 2.75) is 49.5 Å². The first-order valence-corrected chi connectivity index (χ1v) is 12.3.